The largest absolute Gasteiger partial charge is 0.446 e. The predicted molar refractivity (Wildman–Crippen MR) is 134 cm³/mol. The Morgan fingerprint density at radius 3 is 2.63 bits per heavy atom. The van der Waals surface area contributed by atoms with Crippen LogP contribution in [0, 0.1) is 5.82 Å². The average Bonchev–Trinajstić information content (AvgIpc) is 3.23. The lowest BCUT2D eigenvalue weighted by Gasteiger charge is -2.28. The van der Waals surface area contributed by atoms with Gasteiger partial charge in [-0.15, -0.1) is 0 Å². The maximum absolute atomic E-state index is 14.7. The van der Waals surface area contributed by atoms with Crippen molar-refractivity contribution in [1.29, 1.82) is 0 Å². The summed E-state index contributed by atoms with van der Waals surface area (Å²) in [6.45, 7) is 3.92. The van der Waals surface area contributed by atoms with Crippen molar-refractivity contribution in [3.63, 3.8) is 0 Å². The molecule has 1 aromatic rings. The molecule has 0 saturated carbocycles. The fourth-order valence-corrected chi connectivity index (χ4v) is 4.68. The molecular weight excluding hydrogens is 504 g/mol. The summed E-state index contributed by atoms with van der Waals surface area (Å²) in [5, 5.41) is 2.64. The molecule has 0 saturated heterocycles. The number of nitrogens with one attached hydrogen (secondary N) is 1. The van der Waals surface area contributed by atoms with E-state index in [1.807, 2.05) is 24.1 Å². The van der Waals surface area contributed by atoms with Gasteiger partial charge < -0.3 is 19.9 Å². The first-order chi connectivity index (χ1) is 17.8. The molecule has 2 amide bonds. The molecule has 7 nitrogen and oxygen atoms in total. The van der Waals surface area contributed by atoms with E-state index in [1.165, 1.54) is 17.9 Å². The summed E-state index contributed by atoms with van der Waals surface area (Å²) in [6.07, 6.45) is 1.91. The van der Waals surface area contributed by atoms with Crippen molar-refractivity contribution in [3.05, 3.63) is 70.2 Å². The molecule has 1 aliphatic carbocycles. The first kappa shape index (κ1) is 27.4. The van der Waals surface area contributed by atoms with Gasteiger partial charge in [-0.2, -0.15) is 13.2 Å². The van der Waals surface area contributed by atoms with Gasteiger partial charge in [-0.3, -0.25) is 9.79 Å². The number of fused-ring (bicyclic) bond motifs is 1. The summed E-state index contributed by atoms with van der Waals surface area (Å²) in [4.78, 5) is 33.0. The van der Waals surface area contributed by atoms with Crippen LogP contribution in [0.5, 0.6) is 0 Å². The van der Waals surface area contributed by atoms with Crippen LogP contribution in [-0.2, 0) is 15.7 Å². The first-order valence-corrected chi connectivity index (χ1v) is 12.4. The molecule has 2 aliphatic heterocycles. The zero-order valence-electron chi connectivity index (χ0n) is 21.6. The number of alkyl halides is 3. The van der Waals surface area contributed by atoms with E-state index in [-0.39, 0.29) is 23.3 Å². The van der Waals surface area contributed by atoms with Gasteiger partial charge in [0.2, 0.25) is 0 Å². The summed E-state index contributed by atoms with van der Waals surface area (Å²) in [5.41, 5.74) is 0.416. The van der Waals surface area contributed by atoms with Crippen molar-refractivity contribution in [2.45, 2.75) is 57.5 Å². The minimum atomic E-state index is -4.85. The van der Waals surface area contributed by atoms with Crippen LogP contribution < -0.4 is 5.32 Å². The van der Waals surface area contributed by atoms with Crippen molar-refractivity contribution in [1.82, 2.24) is 15.1 Å². The van der Waals surface area contributed by atoms with Gasteiger partial charge in [0.05, 0.1) is 23.2 Å². The number of ether oxygens (including phenoxy) is 1. The molecule has 1 aromatic carbocycles. The second-order valence-electron chi connectivity index (χ2n) is 9.90. The lowest BCUT2D eigenvalue weighted by molar-refractivity contribution is -0.140. The Labute approximate surface area is 218 Å². The molecule has 3 aliphatic rings. The van der Waals surface area contributed by atoms with Crippen molar-refractivity contribution < 1.29 is 31.9 Å². The Kier molecular flexibility index (Phi) is 7.66. The van der Waals surface area contributed by atoms with Gasteiger partial charge >= 0.3 is 12.3 Å². The molecule has 4 rings (SSSR count). The van der Waals surface area contributed by atoms with Crippen LogP contribution in [-0.4, -0.2) is 60.4 Å². The standard InChI is InChI=1S/C27H30F4N4O3/c1-15-13-35-14-18(17-8-10-19(11-9-17)38-26(37)34(3)4)12-21(24(35)32-15)25(36)33-16(2)20-6-5-7-22(23(20)28)27(29,30)31/h5-8,12,14-16,19H,9-11,13H2,1-4H3,(H,33,36)/t15-,16-,19?/m1/s1. The van der Waals surface area contributed by atoms with Crippen molar-refractivity contribution in [2.24, 2.45) is 4.99 Å². The second kappa shape index (κ2) is 10.6. The molecular formula is C27H30F4N4O3. The normalized spacial score (nSPS) is 21.9. The zero-order valence-corrected chi connectivity index (χ0v) is 21.6. The number of benzene rings is 1. The summed E-state index contributed by atoms with van der Waals surface area (Å²) in [5.74, 6) is -1.51. The molecule has 38 heavy (non-hydrogen) atoms. The van der Waals surface area contributed by atoms with Crippen LogP contribution in [0.1, 0.15) is 50.3 Å². The van der Waals surface area contributed by atoms with Gasteiger partial charge in [0.25, 0.3) is 5.91 Å². The van der Waals surface area contributed by atoms with Crippen LogP contribution >= 0.6 is 0 Å². The van der Waals surface area contributed by atoms with Crippen molar-refractivity contribution >= 4 is 17.8 Å². The van der Waals surface area contributed by atoms with E-state index < -0.39 is 35.6 Å². The molecule has 2 heterocycles. The number of carbonyl (C=O) groups excluding carboxylic acids is 2. The smallest absolute Gasteiger partial charge is 0.419 e. The number of nitrogens with zero attached hydrogens (tertiary/aromatic N) is 3. The van der Waals surface area contributed by atoms with Crippen LogP contribution in [0.25, 0.3) is 0 Å². The van der Waals surface area contributed by atoms with E-state index in [9.17, 15) is 27.2 Å². The number of aliphatic imine (C=N–C) groups is 1. The number of allylic oxidation sites excluding steroid dienone is 3. The maximum Gasteiger partial charge on any atom is 0.419 e. The number of hydrogen-bond donors (Lipinski definition) is 1. The quantitative estimate of drug-likeness (QED) is 0.532. The van der Waals surface area contributed by atoms with Gasteiger partial charge in [-0.05, 0) is 50.0 Å². The third-order valence-corrected chi connectivity index (χ3v) is 6.67. The summed E-state index contributed by atoms with van der Waals surface area (Å²) < 4.78 is 59.7. The number of amides is 2. The average molecular weight is 535 g/mol. The molecule has 0 fully saturated rings. The Morgan fingerprint density at radius 1 is 1.26 bits per heavy atom. The first-order valence-electron chi connectivity index (χ1n) is 12.4. The summed E-state index contributed by atoms with van der Waals surface area (Å²) >= 11 is 0. The third kappa shape index (κ3) is 5.76. The lowest BCUT2D eigenvalue weighted by Crippen LogP contribution is -2.37. The van der Waals surface area contributed by atoms with Crippen LogP contribution in [0.4, 0.5) is 22.4 Å². The molecule has 0 spiro atoms. The highest BCUT2D eigenvalue weighted by molar-refractivity contribution is 6.22. The van der Waals surface area contributed by atoms with Crippen LogP contribution in [0.3, 0.4) is 0 Å². The molecule has 11 heteroatoms. The minimum Gasteiger partial charge on any atom is -0.446 e. The number of rotatable bonds is 5. The molecule has 0 bridgehead atoms. The number of halogens is 4. The summed E-state index contributed by atoms with van der Waals surface area (Å²) in [6, 6.07) is 1.93. The number of hydrogen-bond acceptors (Lipinski definition) is 5. The van der Waals surface area contributed by atoms with E-state index in [2.05, 4.69) is 10.3 Å². The topological polar surface area (TPSA) is 74.2 Å². The minimum absolute atomic E-state index is 0.0645. The highest BCUT2D eigenvalue weighted by atomic mass is 19.4. The monoisotopic (exact) mass is 534 g/mol. The Morgan fingerprint density at radius 2 is 2.00 bits per heavy atom. The highest BCUT2D eigenvalue weighted by Gasteiger charge is 2.36. The van der Waals surface area contributed by atoms with Gasteiger partial charge in [-0.25, -0.2) is 9.18 Å². The van der Waals surface area contributed by atoms with Crippen LogP contribution in [0.2, 0.25) is 0 Å². The molecule has 1 unspecified atom stereocenters. The molecule has 0 radical (unpaired) electrons. The Bertz CT molecular complexity index is 1250. The van der Waals surface area contributed by atoms with Crippen LogP contribution in [0.15, 0.2) is 58.3 Å². The van der Waals surface area contributed by atoms with E-state index in [1.54, 1.807) is 20.2 Å². The van der Waals surface area contributed by atoms with E-state index in [4.69, 9.17) is 4.74 Å². The molecule has 0 aromatic heterocycles. The van der Waals surface area contributed by atoms with Gasteiger partial charge in [0.1, 0.15) is 17.8 Å². The Hall–Kier alpha value is -3.63. The fourth-order valence-electron chi connectivity index (χ4n) is 4.68. The van der Waals surface area contributed by atoms with Crippen molar-refractivity contribution in [3.8, 4) is 0 Å². The Balaban J connectivity index is 1.55. The van der Waals surface area contributed by atoms with Gasteiger partial charge in [-0.1, -0.05) is 18.2 Å². The van der Waals surface area contributed by atoms with Crippen molar-refractivity contribution in [2.75, 3.05) is 20.6 Å². The zero-order chi connectivity index (χ0) is 27.8. The second-order valence-corrected chi connectivity index (χ2v) is 9.90. The fraction of sp³-hybridized carbons (Fsp3) is 0.444. The van der Waals surface area contributed by atoms with E-state index in [0.29, 0.717) is 37.7 Å². The maximum atomic E-state index is 14.7. The molecule has 204 valence electrons. The van der Waals surface area contributed by atoms with E-state index >= 15 is 0 Å². The van der Waals surface area contributed by atoms with Gasteiger partial charge in [0.15, 0.2) is 0 Å². The SMILES string of the molecule is C[C@@H]1CN2C=C(C3=CCC(OC(=O)N(C)C)CC3)C=C(C(=O)N[C@H](C)c3cccc(C(F)(F)F)c3F)C2=N1. The predicted octanol–water partition coefficient (Wildman–Crippen LogP) is 5.13. The number of carbonyl (C=O) groups is 2. The summed E-state index contributed by atoms with van der Waals surface area (Å²) in [7, 11) is 3.24. The lowest BCUT2D eigenvalue weighted by atomic mass is 9.89. The van der Waals surface area contributed by atoms with E-state index in [0.717, 1.165) is 17.2 Å². The number of amidine groups is 1. The molecule has 3 atom stereocenters. The molecule has 1 N–H and O–H groups in total. The highest BCUT2D eigenvalue weighted by Crippen LogP contribution is 2.35. The third-order valence-electron chi connectivity index (χ3n) is 6.67. The van der Waals surface area contributed by atoms with Gasteiger partial charge in [0, 0.05) is 38.8 Å².